The first kappa shape index (κ1) is 25.7. The fourth-order valence-electron chi connectivity index (χ4n) is 3.78. The molecular weight excluding hydrogens is 316 g/mol. The van der Waals surface area contributed by atoms with Gasteiger partial charge in [-0.2, -0.15) is 0 Å². The zero-order valence-corrected chi connectivity index (χ0v) is 18.6. The maximum Gasteiger partial charge on any atom is 0.135 e. The summed E-state index contributed by atoms with van der Waals surface area (Å²) in [7, 11) is 0. The molecule has 0 fully saturated rings. The summed E-state index contributed by atoms with van der Waals surface area (Å²) in [6, 6.07) is 0. The van der Waals surface area contributed by atoms with E-state index in [0.29, 0.717) is 11.7 Å². The molecule has 0 saturated carbocycles. The van der Waals surface area contributed by atoms with Crippen molar-refractivity contribution in [3.8, 4) is 0 Å². The molecule has 0 heterocycles. The molecule has 0 amide bonds. The second-order valence-corrected chi connectivity index (χ2v) is 8.56. The maximum absolute atomic E-state index is 12.2. The van der Waals surface area contributed by atoms with Crippen LogP contribution in [0.2, 0.25) is 0 Å². The van der Waals surface area contributed by atoms with E-state index in [1.807, 2.05) is 0 Å². The Morgan fingerprint density at radius 3 is 1.31 bits per heavy atom. The lowest BCUT2D eigenvalue weighted by molar-refractivity contribution is -0.122. The summed E-state index contributed by atoms with van der Waals surface area (Å²) in [6.45, 7) is 6.69. The van der Waals surface area contributed by atoms with Crippen LogP contribution in [0.5, 0.6) is 0 Å². The summed E-state index contributed by atoms with van der Waals surface area (Å²) >= 11 is 0. The molecule has 0 rings (SSSR count). The number of carbonyl (C=O) groups excluding carboxylic acids is 1. The topological polar surface area (TPSA) is 17.1 Å². The molecule has 1 nitrogen and oxygen atoms in total. The van der Waals surface area contributed by atoms with Gasteiger partial charge in [0.15, 0.2) is 0 Å². The molecule has 0 aromatic heterocycles. The van der Waals surface area contributed by atoms with Crippen LogP contribution in [0.1, 0.15) is 149 Å². The predicted molar refractivity (Wildman–Crippen MR) is 118 cm³/mol. The molecule has 0 aliphatic heterocycles. The number of carbonyl (C=O) groups is 1. The van der Waals surface area contributed by atoms with Gasteiger partial charge in [-0.15, -0.1) is 0 Å². The van der Waals surface area contributed by atoms with Gasteiger partial charge in [-0.1, -0.05) is 130 Å². The van der Waals surface area contributed by atoms with Crippen LogP contribution >= 0.6 is 0 Å². The Balaban J connectivity index is 3.29. The van der Waals surface area contributed by atoms with Gasteiger partial charge >= 0.3 is 0 Å². The Morgan fingerprint density at radius 2 is 0.885 bits per heavy atom. The molecule has 1 atom stereocenters. The fourth-order valence-corrected chi connectivity index (χ4v) is 3.78. The smallest absolute Gasteiger partial charge is 0.135 e. The van der Waals surface area contributed by atoms with Crippen molar-refractivity contribution in [3.63, 3.8) is 0 Å². The minimum atomic E-state index is 0.300. The first-order valence-corrected chi connectivity index (χ1v) is 12.2. The second kappa shape index (κ2) is 21.0. The standard InChI is InChI=1S/C25H50O/c1-4-6-8-10-12-13-14-15-16-17-18-20-22-24(3)25(26)23-21-19-11-9-7-5-2/h24H,4-23H2,1-3H3. The van der Waals surface area contributed by atoms with Gasteiger partial charge in [-0.05, 0) is 12.8 Å². The number of ketones is 1. The number of rotatable bonds is 21. The van der Waals surface area contributed by atoms with Crippen LogP contribution in [0.25, 0.3) is 0 Å². The molecule has 0 N–H and O–H groups in total. The maximum atomic E-state index is 12.2. The molecule has 0 aromatic carbocycles. The molecule has 1 unspecified atom stereocenters. The van der Waals surface area contributed by atoms with E-state index < -0.39 is 0 Å². The quantitative estimate of drug-likeness (QED) is 0.185. The van der Waals surface area contributed by atoms with E-state index >= 15 is 0 Å². The number of hydrogen-bond acceptors (Lipinski definition) is 1. The molecule has 0 aliphatic carbocycles. The van der Waals surface area contributed by atoms with Crippen molar-refractivity contribution in [1.29, 1.82) is 0 Å². The Labute approximate surface area is 166 Å². The zero-order chi connectivity index (χ0) is 19.3. The molecule has 0 aromatic rings. The Hall–Kier alpha value is -0.330. The third kappa shape index (κ3) is 18.5. The zero-order valence-electron chi connectivity index (χ0n) is 18.6. The van der Waals surface area contributed by atoms with Crippen molar-refractivity contribution < 1.29 is 4.79 Å². The second-order valence-electron chi connectivity index (χ2n) is 8.56. The normalized spacial score (nSPS) is 12.4. The molecular formula is C25H50O. The molecule has 0 radical (unpaired) electrons. The molecule has 1 heteroatoms. The van der Waals surface area contributed by atoms with Crippen LogP contribution in [-0.2, 0) is 4.79 Å². The summed E-state index contributed by atoms with van der Waals surface area (Å²) in [4.78, 5) is 12.2. The molecule has 0 saturated heterocycles. The average molecular weight is 367 g/mol. The van der Waals surface area contributed by atoms with Crippen LogP contribution < -0.4 is 0 Å². The summed E-state index contributed by atoms with van der Waals surface area (Å²) in [5.74, 6) is 0.817. The van der Waals surface area contributed by atoms with E-state index in [4.69, 9.17) is 0 Å². The third-order valence-corrected chi connectivity index (χ3v) is 5.82. The van der Waals surface area contributed by atoms with Crippen LogP contribution in [0.15, 0.2) is 0 Å². The largest absolute Gasteiger partial charge is 0.299 e. The number of hydrogen-bond donors (Lipinski definition) is 0. The third-order valence-electron chi connectivity index (χ3n) is 5.82. The highest BCUT2D eigenvalue weighted by molar-refractivity contribution is 5.80. The highest BCUT2D eigenvalue weighted by Crippen LogP contribution is 2.17. The molecule has 0 bridgehead atoms. The van der Waals surface area contributed by atoms with E-state index in [9.17, 15) is 4.79 Å². The van der Waals surface area contributed by atoms with E-state index in [1.165, 1.54) is 109 Å². The first-order valence-electron chi connectivity index (χ1n) is 12.2. The van der Waals surface area contributed by atoms with Gasteiger partial charge in [0.1, 0.15) is 5.78 Å². The molecule has 0 aliphatic rings. The number of Topliss-reactive ketones (excluding diaryl/α,β-unsaturated/α-hetero) is 1. The highest BCUT2D eigenvalue weighted by Gasteiger charge is 2.11. The Kier molecular flexibility index (Phi) is 20.7. The predicted octanol–water partition coefficient (Wildman–Crippen LogP) is 9.03. The van der Waals surface area contributed by atoms with Crippen LogP contribution in [-0.4, -0.2) is 5.78 Å². The Morgan fingerprint density at radius 1 is 0.538 bits per heavy atom. The lowest BCUT2D eigenvalue weighted by atomic mass is 9.94. The van der Waals surface area contributed by atoms with Gasteiger partial charge in [0.2, 0.25) is 0 Å². The van der Waals surface area contributed by atoms with E-state index in [1.54, 1.807) is 0 Å². The summed E-state index contributed by atoms with van der Waals surface area (Å²) in [5, 5.41) is 0. The van der Waals surface area contributed by atoms with Crippen molar-refractivity contribution in [3.05, 3.63) is 0 Å². The van der Waals surface area contributed by atoms with Crippen molar-refractivity contribution >= 4 is 5.78 Å². The van der Waals surface area contributed by atoms with Crippen molar-refractivity contribution in [1.82, 2.24) is 0 Å². The lowest BCUT2D eigenvalue weighted by Gasteiger charge is -2.10. The fraction of sp³-hybridized carbons (Fsp3) is 0.960. The van der Waals surface area contributed by atoms with E-state index in [0.717, 1.165) is 19.3 Å². The van der Waals surface area contributed by atoms with Gasteiger partial charge in [-0.3, -0.25) is 4.79 Å². The number of unbranched alkanes of at least 4 members (excludes halogenated alkanes) is 16. The van der Waals surface area contributed by atoms with Crippen molar-refractivity contribution in [2.75, 3.05) is 0 Å². The van der Waals surface area contributed by atoms with Gasteiger partial charge < -0.3 is 0 Å². The Bertz CT molecular complexity index is 284. The molecule has 0 spiro atoms. The monoisotopic (exact) mass is 366 g/mol. The average Bonchev–Trinajstić information content (AvgIpc) is 2.65. The summed E-state index contributed by atoms with van der Waals surface area (Å²) < 4.78 is 0. The minimum absolute atomic E-state index is 0.300. The van der Waals surface area contributed by atoms with E-state index in [-0.39, 0.29) is 0 Å². The van der Waals surface area contributed by atoms with E-state index in [2.05, 4.69) is 20.8 Å². The molecule has 156 valence electrons. The van der Waals surface area contributed by atoms with Crippen LogP contribution in [0.3, 0.4) is 0 Å². The SMILES string of the molecule is CCCCCCCCCCCCCCC(C)C(=O)CCCCCCCC. The molecule has 26 heavy (non-hydrogen) atoms. The van der Waals surface area contributed by atoms with Crippen molar-refractivity contribution in [2.24, 2.45) is 5.92 Å². The van der Waals surface area contributed by atoms with Crippen LogP contribution in [0.4, 0.5) is 0 Å². The van der Waals surface area contributed by atoms with Gasteiger partial charge in [0.05, 0.1) is 0 Å². The van der Waals surface area contributed by atoms with Crippen molar-refractivity contribution in [2.45, 2.75) is 149 Å². The minimum Gasteiger partial charge on any atom is -0.299 e. The van der Waals surface area contributed by atoms with Gasteiger partial charge in [-0.25, -0.2) is 0 Å². The van der Waals surface area contributed by atoms with Gasteiger partial charge in [0.25, 0.3) is 0 Å². The summed E-state index contributed by atoms with van der Waals surface area (Å²) in [6.07, 6.45) is 26.3. The lowest BCUT2D eigenvalue weighted by Crippen LogP contribution is -2.10. The first-order chi connectivity index (χ1) is 12.7. The summed E-state index contributed by atoms with van der Waals surface area (Å²) in [5.41, 5.74) is 0. The van der Waals surface area contributed by atoms with Crippen LogP contribution in [0, 0.1) is 5.92 Å². The van der Waals surface area contributed by atoms with Gasteiger partial charge in [0, 0.05) is 12.3 Å². The highest BCUT2D eigenvalue weighted by atomic mass is 16.1.